The lowest BCUT2D eigenvalue weighted by Crippen LogP contribution is -2.31. The van der Waals surface area contributed by atoms with Gasteiger partial charge in [0.05, 0.1) is 9.82 Å². The maximum absolute atomic E-state index is 12.1. The Morgan fingerprint density at radius 3 is 2.27 bits per heavy atom. The van der Waals surface area contributed by atoms with Gasteiger partial charge in [-0.05, 0) is 25.1 Å². The molecule has 0 heterocycles. The van der Waals surface area contributed by atoms with E-state index in [1.54, 1.807) is 19.1 Å². The second-order valence-corrected chi connectivity index (χ2v) is 6.20. The van der Waals surface area contributed by atoms with Gasteiger partial charge in [-0.25, -0.2) is 13.1 Å². The number of sulfonamides is 1. The topological polar surface area (TPSA) is 106 Å². The minimum Gasteiger partial charge on any atom is -0.268 e. The van der Waals surface area contributed by atoms with Crippen molar-refractivity contribution in [3.8, 4) is 0 Å². The Hall–Kier alpha value is -2.74. The number of nitrogens with zero attached hydrogens (tertiary/aromatic N) is 1. The second-order valence-electron chi connectivity index (χ2n) is 4.52. The Labute approximate surface area is 126 Å². The molecule has 0 spiro atoms. The fraction of sp³-hybridized carbons (Fsp3) is 0.0714. The highest BCUT2D eigenvalue weighted by molar-refractivity contribution is 7.90. The zero-order valence-corrected chi connectivity index (χ0v) is 12.3. The van der Waals surface area contributed by atoms with Crippen LogP contribution in [0.25, 0.3) is 0 Å². The number of carbonyl (C=O) groups excluding carboxylic acids is 1. The number of para-hydroxylation sites is 1. The molecule has 22 heavy (non-hydrogen) atoms. The van der Waals surface area contributed by atoms with Crippen molar-refractivity contribution < 1.29 is 18.1 Å². The van der Waals surface area contributed by atoms with Crippen molar-refractivity contribution in [3.63, 3.8) is 0 Å². The normalized spacial score (nSPS) is 11.0. The molecule has 0 atom stereocenters. The monoisotopic (exact) mass is 320 g/mol. The molecule has 0 fully saturated rings. The summed E-state index contributed by atoms with van der Waals surface area (Å²) >= 11 is 0. The number of nitro groups is 1. The van der Waals surface area contributed by atoms with Gasteiger partial charge < -0.3 is 0 Å². The van der Waals surface area contributed by atoms with E-state index in [2.05, 4.69) is 0 Å². The Balaban J connectivity index is 2.32. The van der Waals surface area contributed by atoms with Gasteiger partial charge in [-0.2, -0.15) is 0 Å². The number of amides is 1. The molecule has 0 bridgehead atoms. The van der Waals surface area contributed by atoms with Crippen molar-refractivity contribution in [2.75, 3.05) is 0 Å². The standard InChI is InChI=1S/C14H12N2O5S/c1-10-6-8-11(9-7-10)22(20,21)15-14(17)12-4-2-3-5-13(12)16(18)19/h2-9H,1H3,(H,15,17). The number of nitro benzene ring substituents is 1. The molecule has 0 aliphatic carbocycles. The average molecular weight is 320 g/mol. The van der Waals surface area contributed by atoms with Crippen molar-refractivity contribution >= 4 is 21.6 Å². The van der Waals surface area contributed by atoms with Crippen LogP contribution in [0.1, 0.15) is 15.9 Å². The first kappa shape index (κ1) is 15.6. The minimum atomic E-state index is -4.09. The summed E-state index contributed by atoms with van der Waals surface area (Å²) in [5, 5.41) is 10.9. The van der Waals surface area contributed by atoms with Gasteiger partial charge in [-0.3, -0.25) is 14.9 Å². The molecule has 114 valence electrons. The summed E-state index contributed by atoms with van der Waals surface area (Å²) in [6.45, 7) is 1.79. The molecular formula is C14H12N2O5S. The molecule has 0 aromatic heterocycles. The van der Waals surface area contributed by atoms with E-state index in [-0.39, 0.29) is 10.5 Å². The van der Waals surface area contributed by atoms with Crippen LogP contribution in [-0.4, -0.2) is 19.2 Å². The van der Waals surface area contributed by atoms with Crippen LogP contribution in [0.4, 0.5) is 5.69 Å². The van der Waals surface area contributed by atoms with Crippen LogP contribution < -0.4 is 4.72 Å². The Morgan fingerprint density at radius 1 is 1.09 bits per heavy atom. The van der Waals surface area contributed by atoms with Crippen LogP contribution in [0.2, 0.25) is 0 Å². The van der Waals surface area contributed by atoms with Crippen LogP contribution in [0.5, 0.6) is 0 Å². The number of benzene rings is 2. The lowest BCUT2D eigenvalue weighted by Gasteiger charge is -2.07. The van der Waals surface area contributed by atoms with E-state index in [0.717, 1.165) is 11.6 Å². The van der Waals surface area contributed by atoms with Gasteiger partial charge in [0.25, 0.3) is 21.6 Å². The fourth-order valence-electron chi connectivity index (χ4n) is 1.78. The SMILES string of the molecule is Cc1ccc(S(=O)(=O)NC(=O)c2ccccc2[N+](=O)[O-])cc1. The predicted octanol–water partition coefficient (Wildman–Crippen LogP) is 2.02. The molecular weight excluding hydrogens is 308 g/mol. The first-order valence-electron chi connectivity index (χ1n) is 6.18. The smallest absolute Gasteiger partial charge is 0.268 e. The maximum Gasteiger partial charge on any atom is 0.282 e. The Kier molecular flexibility index (Phi) is 4.22. The summed E-state index contributed by atoms with van der Waals surface area (Å²) < 4.78 is 26.0. The highest BCUT2D eigenvalue weighted by atomic mass is 32.2. The highest BCUT2D eigenvalue weighted by Gasteiger charge is 2.24. The number of hydrogen-bond donors (Lipinski definition) is 1. The Morgan fingerprint density at radius 2 is 1.68 bits per heavy atom. The zero-order chi connectivity index (χ0) is 16.3. The van der Waals surface area contributed by atoms with Crippen LogP contribution in [0.3, 0.4) is 0 Å². The summed E-state index contributed by atoms with van der Waals surface area (Å²) in [4.78, 5) is 22.1. The molecule has 0 unspecified atom stereocenters. The molecule has 1 amide bonds. The van der Waals surface area contributed by atoms with E-state index >= 15 is 0 Å². The van der Waals surface area contributed by atoms with Gasteiger partial charge in [0, 0.05) is 6.07 Å². The van der Waals surface area contributed by atoms with Crippen molar-refractivity contribution in [2.45, 2.75) is 11.8 Å². The highest BCUT2D eigenvalue weighted by Crippen LogP contribution is 2.18. The van der Waals surface area contributed by atoms with E-state index < -0.39 is 26.5 Å². The van der Waals surface area contributed by atoms with Gasteiger partial charge in [0.1, 0.15) is 5.56 Å². The third-order valence-corrected chi connectivity index (χ3v) is 4.25. The molecule has 2 aromatic carbocycles. The van der Waals surface area contributed by atoms with Crippen LogP contribution in [-0.2, 0) is 10.0 Å². The van der Waals surface area contributed by atoms with Gasteiger partial charge in [-0.15, -0.1) is 0 Å². The van der Waals surface area contributed by atoms with Crippen molar-refractivity contribution in [1.29, 1.82) is 0 Å². The van der Waals surface area contributed by atoms with Gasteiger partial charge >= 0.3 is 0 Å². The number of nitrogens with one attached hydrogen (secondary N) is 1. The first-order chi connectivity index (χ1) is 10.3. The Bertz CT molecular complexity index is 829. The van der Waals surface area contributed by atoms with Gasteiger partial charge in [0.15, 0.2) is 0 Å². The van der Waals surface area contributed by atoms with E-state index in [0.29, 0.717) is 0 Å². The summed E-state index contributed by atoms with van der Waals surface area (Å²) in [5.41, 5.74) is 0.0891. The lowest BCUT2D eigenvalue weighted by molar-refractivity contribution is -0.385. The molecule has 0 saturated heterocycles. The third kappa shape index (κ3) is 3.29. The van der Waals surface area contributed by atoms with E-state index in [9.17, 15) is 23.3 Å². The zero-order valence-electron chi connectivity index (χ0n) is 11.5. The fourth-order valence-corrected chi connectivity index (χ4v) is 2.74. The second kappa shape index (κ2) is 5.94. The molecule has 8 heteroatoms. The quantitative estimate of drug-likeness (QED) is 0.685. The van der Waals surface area contributed by atoms with Crippen LogP contribution in [0.15, 0.2) is 53.4 Å². The number of aryl methyl sites for hydroxylation is 1. The molecule has 2 aromatic rings. The molecule has 0 saturated carbocycles. The van der Waals surface area contributed by atoms with Crippen molar-refractivity contribution in [2.24, 2.45) is 0 Å². The largest absolute Gasteiger partial charge is 0.282 e. The number of hydrogen-bond acceptors (Lipinski definition) is 5. The molecule has 7 nitrogen and oxygen atoms in total. The number of rotatable bonds is 4. The van der Waals surface area contributed by atoms with Gasteiger partial charge in [-0.1, -0.05) is 29.8 Å². The molecule has 0 radical (unpaired) electrons. The molecule has 0 aliphatic rings. The van der Waals surface area contributed by atoms with E-state index in [1.165, 1.54) is 30.3 Å². The summed E-state index contributed by atoms with van der Waals surface area (Å²) in [5.74, 6) is -1.05. The van der Waals surface area contributed by atoms with E-state index in [4.69, 9.17) is 0 Å². The average Bonchev–Trinajstić information content (AvgIpc) is 2.47. The third-order valence-electron chi connectivity index (χ3n) is 2.90. The predicted molar refractivity (Wildman–Crippen MR) is 78.9 cm³/mol. The van der Waals surface area contributed by atoms with E-state index in [1.807, 2.05) is 4.72 Å². The molecule has 0 aliphatic heterocycles. The first-order valence-corrected chi connectivity index (χ1v) is 7.67. The lowest BCUT2D eigenvalue weighted by atomic mass is 10.2. The van der Waals surface area contributed by atoms with Crippen LogP contribution >= 0.6 is 0 Å². The van der Waals surface area contributed by atoms with Crippen LogP contribution in [0, 0.1) is 17.0 Å². The molecule has 2 rings (SSSR count). The van der Waals surface area contributed by atoms with Gasteiger partial charge in [0.2, 0.25) is 0 Å². The summed E-state index contributed by atoms with van der Waals surface area (Å²) in [6.07, 6.45) is 0. The van der Waals surface area contributed by atoms with Crippen molar-refractivity contribution in [1.82, 2.24) is 4.72 Å². The summed E-state index contributed by atoms with van der Waals surface area (Å²) in [7, 11) is -4.09. The minimum absolute atomic E-state index is 0.0926. The number of carbonyl (C=O) groups is 1. The maximum atomic E-state index is 12.1. The molecule has 1 N–H and O–H groups in total. The summed E-state index contributed by atoms with van der Waals surface area (Å²) in [6, 6.07) is 11.0. The van der Waals surface area contributed by atoms with Crippen molar-refractivity contribution in [3.05, 3.63) is 69.8 Å².